The minimum absolute atomic E-state index is 0.0193. The van der Waals surface area contributed by atoms with Crippen LogP contribution in [0.15, 0.2) is 48.5 Å². The van der Waals surface area contributed by atoms with Gasteiger partial charge in [-0.05, 0) is 42.3 Å². The van der Waals surface area contributed by atoms with Gasteiger partial charge in [0.1, 0.15) is 23.7 Å². The van der Waals surface area contributed by atoms with Gasteiger partial charge in [0.25, 0.3) is 11.8 Å². The minimum atomic E-state index is -5.01. The van der Waals surface area contributed by atoms with Crippen molar-refractivity contribution in [2.24, 2.45) is 0 Å². The monoisotopic (exact) mass is 685 g/mol. The van der Waals surface area contributed by atoms with Crippen molar-refractivity contribution in [1.82, 2.24) is 15.1 Å². The SMILES string of the molecule is N#Cc1ccc(N2CCN(Cc3ccc(COc4cccc5c4CN([C@]4(S)CCC(=O)NC4=O)C5=O)c(F)c3)CC2)c(F)c1C(F)(F)F. The number of nitriles is 1. The van der Waals surface area contributed by atoms with E-state index in [1.807, 2.05) is 4.90 Å². The molecule has 1 N–H and O–H groups in total. The van der Waals surface area contributed by atoms with Crippen LogP contribution in [-0.2, 0) is 35.5 Å². The fourth-order valence-corrected chi connectivity index (χ4v) is 6.56. The summed E-state index contributed by atoms with van der Waals surface area (Å²) in [6.07, 6.45) is -4.92. The number of ether oxygens (including phenoxy) is 1. The lowest BCUT2D eigenvalue weighted by atomic mass is 10.0. The summed E-state index contributed by atoms with van der Waals surface area (Å²) in [7, 11) is 0. The van der Waals surface area contributed by atoms with Gasteiger partial charge in [-0.3, -0.25) is 24.6 Å². The average Bonchev–Trinajstić information content (AvgIpc) is 3.39. The predicted octanol–water partition coefficient (Wildman–Crippen LogP) is 4.77. The number of thiol groups is 1. The second-order valence-electron chi connectivity index (χ2n) is 11.8. The highest BCUT2D eigenvalue weighted by atomic mass is 32.1. The maximum Gasteiger partial charge on any atom is 0.420 e. The van der Waals surface area contributed by atoms with E-state index in [4.69, 9.17) is 10.00 Å². The summed E-state index contributed by atoms with van der Waals surface area (Å²) in [4.78, 5) is 40.7. The molecule has 2 saturated heterocycles. The fraction of sp³-hybridized carbons (Fsp3) is 0.333. The highest BCUT2D eigenvalue weighted by Crippen LogP contribution is 2.40. The smallest absolute Gasteiger partial charge is 0.420 e. The maximum absolute atomic E-state index is 15.2. The number of benzene rings is 3. The third-order valence-electron chi connectivity index (χ3n) is 8.83. The van der Waals surface area contributed by atoms with Crippen LogP contribution in [0.3, 0.4) is 0 Å². The van der Waals surface area contributed by atoms with E-state index in [-0.39, 0.29) is 50.3 Å². The molecule has 1 atom stereocenters. The quantitative estimate of drug-likeness (QED) is 0.210. The first-order chi connectivity index (χ1) is 22.8. The number of carbonyl (C=O) groups excluding carboxylic acids is 3. The zero-order valence-electron chi connectivity index (χ0n) is 25.2. The number of amides is 3. The normalized spacial score (nSPS) is 20.1. The Bertz CT molecular complexity index is 1860. The lowest BCUT2D eigenvalue weighted by molar-refractivity contribution is -0.140. The summed E-state index contributed by atoms with van der Waals surface area (Å²) in [6.45, 7) is 1.45. The molecule has 0 unspecified atom stereocenters. The number of alkyl halides is 3. The molecule has 0 aliphatic carbocycles. The molecule has 3 amide bonds. The van der Waals surface area contributed by atoms with E-state index in [1.54, 1.807) is 30.3 Å². The Morgan fingerprint density at radius 3 is 2.44 bits per heavy atom. The topological polar surface area (TPSA) is 106 Å². The van der Waals surface area contributed by atoms with Gasteiger partial charge >= 0.3 is 6.18 Å². The van der Waals surface area contributed by atoms with Crippen molar-refractivity contribution in [3.63, 3.8) is 0 Å². The van der Waals surface area contributed by atoms with E-state index < -0.39 is 51.5 Å². The number of nitrogens with one attached hydrogen (secondary N) is 1. The van der Waals surface area contributed by atoms with Crippen LogP contribution in [0.2, 0.25) is 0 Å². The third kappa shape index (κ3) is 6.17. The number of nitrogens with zero attached hydrogens (tertiary/aromatic N) is 4. The number of piperazine rings is 1. The largest absolute Gasteiger partial charge is 0.488 e. The second kappa shape index (κ2) is 12.7. The summed E-state index contributed by atoms with van der Waals surface area (Å²) < 4.78 is 76.3. The van der Waals surface area contributed by atoms with Gasteiger partial charge in [0.2, 0.25) is 5.91 Å². The Balaban J connectivity index is 1.07. The Labute approximate surface area is 277 Å². The van der Waals surface area contributed by atoms with Crippen LogP contribution >= 0.6 is 12.6 Å². The van der Waals surface area contributed by atoms with E-state index in [0.29, 0.717) is 42.1 Å². The maximum atomic E-state index is 15.2. The highest BCUT2D eigenvalue weighted by Gasteiger charge is 2.50. The molecule has 3 aromatic carbocycles. The Hall–Kier alpha value is -4.68. The van der Waals surface area contributed by atoms with Crippen molar-refractivity contribution in [2.45, 2.75) is 43.6 Å². The first-order valence-corrected chi connectivity index (χ1v) is 15.4. The van der Waals surface area contributed by atoms with Crippen molar-refractivity contribution in [3.8, 4) is 11.8 Å². The van der Waals surface area contributed by atoms with E-state index in [1.165, 1.54) is 28.0 Å². The molecule has 3 aliphatic rings. The van der Waals surface area contributed by atoms with Crippen LogP contribution in [0.25, 0.3) is 0 Å². The molecule has 3 heterocycles. The van der Waals surface area contributed by atoms with Gasteiger partial charge in [0, 0.05) is 55.8 Å². The van der Waals surface area contributed by atoms with E-state index in [0.717, 1.165) is 6.07 Å². The molecule has 0 aromatic heterocycles. The molecule has 2 fully saturated rings. The Morgan fingerprint density at radius 1 is 1.02 bits per heavy atom. The summed E-state index contributed by atoms with van der Waals surface area (Å²) in [5, 5.41) is 11.2. The van der Waals surface area contributed by atoms with Gasteiger partial charge in [-0.1, -0.05) is 18.2 Å². The number of imide groups is 1. The zero-order chi connectivity index (χ0) is 34.4. The molecule has 0 radical (unpaired) electrons. The number of rotatable bonds is 7. The molecular weight excluding hydrogens is 657 g/mol. The second-order valence-corrected chi connectivity index (χ2v) is 12.5. The van der Waals surface area contributed by atoms with Gasteiger partial charge < -0.3 is 14.5 Å². The number of piperidine rings is 1. The molecule has 3 aromatic rings. The molecule has 9 nitrogen and oxygen atoms in total. The van der Waals surface area contributed by atoms with Crippen molar-refractivity contribution in [3.05, 3.63) is 93.5 Å². The molecule has 48 heavy (non-hydrogen) atoms. The van der Waals surface area contributed by atoms with Gasteiger partial charge in [0.05, 0.1) is 23.9 Å². The standard InChI is InChI=1S/C33H28F5N5O4S/c34-24-14-19(16-41-10-12-42(13-11-41)25-7-6-20(15-39)28(29(25)35)33(36,37)38)4-5-21(24)18-47-26-3-1-2-22-23(26)17-43(30(22)45)32(48)9-8-27(44)40-31(32)46/h1-7,14,48H,8-13,16-18H2,(H,40,44,46)/t32-/m0/s1. The lowest BCUT2D eigenvalue weighted by Gasteiger charge is -2.38. The first-order valence-electron chi connectivity index (χ1n) is 15.0. The fourth-order valence-electron chi connectivity index (χ4n) is 6.23. The average molecular weight is 686 g/mol. The Morgan fingerprint density at radius 2 is 1.77 bits per heavy atom. The van der Waals surface area contributed by atoms with Gasteiger partial charge in [0.15, 0.2) is 10.7 Å². The number of anilines is 1. The zero-order valence-corrected chi connectivity index (χ0v) is 26.1. The summed E-state index contributed by atoms with van der Waals surface area (Å²) in [6, 6.07) is 13.1. The summed E-state index contributed by atoms with van der Waals surface area (Å²) in [5.74, 6) is -3.19. The van der Waals surface area contributed by atoms with Crippen molar-refractivity contribution in [2.75, 3.05) is 31.1 Å². The number of fused-ring (bicyclic) bond motifs is 1. The van der Waals surface area contributed by atoms with Crippen molar-refractivity contribution < 1.29 is 41.1 Å². The number of hydrogen-bond acceptors (Lipinski definition) is 8. The molecule has 0 spiro atoms. The van der Waals surface area contributed by atoms with Crippen molar-refractivity contribution >= 4 is 36.0 Å². The Kier molecular flexibility index (Phi) is 8.82. The molecule has 0 bridgehead atoms. The van der Waals surface area contributed by atoms with E-state index >= 15 is 4.39 Å². The molecule has 6 rings (SSSR count). The summed E-state index contributed by atoms with van der Waals surface area (Å²) >= 11 is 4.49. The number of hydrogen-bond donors (Lipinski definition) is 2. The summed E-state index contributed by atoms with van der Waals surface area (Å²) in [5.41, 5.74) is -0.817. The molecule has 3 aliphatic heterocycles. The molecule has 250 valence electrons. The predicted molar refractivity (Wildman–Crippen MR) is 165 cm³/mol. The van der Waals surface area contributed by atoms with Crippen LogP contribution in [0, 0.1) is 23.0 Å². The molecule has 0 saturated carbocycles. The molecule has 15 heteroatoms. The highest BCUT2D eigenvalue weighted by molar-refractivity contribution is 7.82. The first kappa shape index (κ1) is 33.2. The van der Waals surface area contributed by atoms with Gasteiger partial charge in [-0.15, -0.1) is 12.6 Å². The molecular formula is C33H28F5N5O4S. The van der Waals surface area contributed by atoms with E-state index in [2.05, 4.69) is 17.9 Å². The minimum Gasteiger partial charge on any atom is -0.488 e. The van der Waals surface area contributed by atoms with Crippen LogP contribution in [0.5, 0.6) is 5.75 Å². The van der Waals surface area contributed by atoms with Crippen molar-refractivity contribution in [1.29, 1.82) is 5.26 Å². The van der Waals surface area contributed by atoms with E-state index in [9.17, 15) is 31.9 Å². The van der Waals surface area contributed by atoms with Gasteiger partial charge in [-0.25, -0.2) is 8.78 Å². The van der Waals surface area contributed by atoms with Crippen LogP contribution < -0.4 is 15.0 Å². The van der Waals surface area contributed by atoms with Crippen LogP contribution in [0.4, 0.5) is 27.6 Å². The number of halogens is 5. The lowest BCUT2D eigenvalue weighted by Crippen LogP contribution is -2.59. The van der Waals surface area contributed by atoms with Crippen LogP contribution in [-0.4, -0.2) is 58.6 Å². The number of carbonyl (C=O) groups is 3. The van der Waals surface area contributed by atoms with Gasteiger partial charge in [-0.2, -0.15) is 18.4 Å². The van der Waals surface area contributed by atoms with Crippen LogP contribution in [0.1, 0.15) is 51.0 Å². The third-order valence-corrected chi connectivity index (χ3v) is 9.50.